The molecule has 0 aromatic heterocycles. The van der Waals surface area contributed by atoms with Gasteiger partial charge in [-0.1, -0.05) is 6.08 Å². The Labute approximate surface area is 244 Å². The van der Waals surface area contributed by atoms with Crippen molar-refractivity contribution in [2.24, 2.45) is 0 Å². The fourth-order valence-corrected chi connectivity index (χ4v) is 6.53. The molecule has 8 nitrogen and oxygen atoms in total. The molecule has 35 heavy (non-hydrogen) atoms. The van der Waals surface area contributed by atoms with Crippen LogP contribution in [-0.2, 0) is 21.2 Å². The van der Waals surface area contributed by atoms with Crippen molar-refractivity contribution in [2.45, 2.75) is 51.2 Å². The van der Waals surface area contributed by atoms with Crippen LogP contribution in [0.4, 0.5) is 0 Å². The Morgan fingerprint density at radius 2 is 1.66 bits per heavy atom. The van der Waals surface area contributed by atoms with E-state index in [0.717, 1.165) is 12.2 Å². The lowest BCUT2D eigenvalue weighted by atomic mass is 9.95. The molecule has 0 unspecified atom stereocenters. The maximum Gasteiger partial charge on any atom is 0.326 e. The highest BCUT2D eigenvalue weighted by Crippen LogP contribution is 2.39. The number of nitrogens with one attached hydrogen (secondary N) is 1. The van der Waals surface area contributed by atoms with Gasteiger partial charge in [0, 0.05) is 12.0 Å². The van der Waals surface area contributed by atoms with Gasteiger partial charge in [-0.15, -0.1) is 10.3 Å². The minimum absolute atomic E-state index is 0.0582. The summed E-state index contributed by atoms with van der Waals surface area (Å²) in [6.45, 7) is 6.72. The summed E-state index contributed by atoms with van der Waals surface area (Å²) >= 11 is 6.25. The van der Waals surface area contributed by atoms with Gasteiger partial charge in [0.15, 0.2) is 5.75 Å². The first-order valence-corrected chi connectivity index (χ1v) is 13.8. The fraction of sp³-hybridized carbons (Fsp3) is 0.333. The first-order chi connectivity index (χ1) is 16.1. The van der Waals surface area contributed by atoms with Crippen molar-refractivity contribution in [1.29, 1.82) is 0 Å². The smallest absolute Gasteiger partial charge is 0.326 e. The van der Waals surface area contributed by atoms with Crippen LogP contribution >= 0.6 is 67.8 Å². The molecule has 3 N–H and O–H groups in total. The number of hydrogen-bond acceptors (Lipinski definition) is 5. The molecule has 0 fully saturated rings. The summed E-state index contributed by atoms with van der Waals surface area (Å²) in [5.74, 6) is -0.392. The Kier molecular flexibility index (Phi) is 8.66. The Morgan fingerprint density at radius 1 is 1.06 bits per heavy atom. The van der Waals surface area contributed by atoms with Crippen LogP contribution in [0, 0.1) is 10.7 Å². The Bertz CT molecular complexity index is 1190. The fourth-order valence-electron chi connectivity index (χ4n) is 3.93. The maximum atomic E-state index is 13.0. The van der Waals surface area contributed by atoms with Crippen LogP contribution in [0.15, 0.2) is 42.0 Å². The van der Waals surface area contributed by atoms with Crippen molar-refractivity contribution in [3.8, 4) is 17.2 Å². The molecule has 3 rings (SSSR count). The monoisotopic (exact) mass is 817 g/mol. The molecule has 1 aliphatic rings. The number of rotatable bonds is 7. The van der Waals surface area contributed by atoms with Crippen LogP contribution < -0.4 is 10.1 Å². The molecule has 11 heteroatoms. The number of carbonyl (C=O) groups excluding carboxylic acids is 1. The molecule has 1 heterocycles. The second kappa shape index (κ2) is 10.7. The van der Waals surface area contributed by atoms with Gasteiger partial charge in [-0.3, -0.25) is 4.79 Å². The number of phenols is 1. The zero-order valence-electron chi connectivity index (χ0n) is 19.4. The van der Waals surface area contributed by atoms with E-state index in [9.17, 15) is 25.0 Å². The molecule has 1 amide bonds. The lowest BCUT2D eigenvalue weighted by Gasteiger charge is -2.33. The number of hydroxylamine groups is 2. The van der Waals surface area contributed by atoms with Crippen LogP contribution in [0.3, 0.4) is 0 Å². The van der Waals surface area contributed by atoms with Gasteiger partial charge >= 0.3 is 5.97 Å². The highest BCUT2D eigenvalue weighted by Gasteiger charge is 2.49. The molecule has 0 aliphatic carbocycles. The summed E-state index contributed by atoms with van der Waals surface area (Å²) in [6, 6.07) is 7.38. The van der Waals surface area contributed by atoms with E-state index in [2.05, 4.69) is 50.5 Å². The molecule has 0 saturated carbocycles. The van der Waals surface area contributed by atoms with E-state index < -0.39 is 29.0 Å². The molecule has 2 aromatic rings. The number of aromatic hydroxyl groups is 1. The van der Waals surface area contributed by atoms with Gasteiger partial charge in [-0.2, -0.15) is 0 Å². The zero-order chi connectivity index (χ0) is 26.3. The van der Waals surface area contributed by atoms with Crippen molar-refractivity contribution >= 4 is 79.6 Å². The normalized spacial score (nSPS) is 17.5. The maximum absolute atomic E-state index is 13.0. The minimum atomic E-state index is -1.18. The topological polar surface area (TPSA) is 119 Å². The number of hydrogen-bond donors (Lipinski definition) is 3. The average molecular weight is 817 g/mol. The van der Waals surface area contributed by atoms with Gasteiger partial charge < -0.3 is 20.3 Å². The number of benzene rings is 2. The van der Waals surface area contributed by atoms with Crippen LogP contribution in [0.2, 0.25) is 0 Å². The van der Waals surface area contributed by atoms with Gasteiger partial charge in [0.2, 0.25) is 5.91 Å². The van der Waals surface area contributed by atoms with E-state index in [4.69, 9.17) is 4.74 Å². The first-order valence-electron chi connectivity index (χ1n) is 10.5. The molecule has 187 valence electrons. The number of aliphatic carboxylic acids is 1. The minimum Gasteiger partial charge on any atom is -0.507 e. The largest absolute Gasteiger partial charge is 0.507 e. The second-order valence-electron chi connectivity index (χ2n) is 9.24. The summed E-state index contributed by atoms with van der Waals surface area (Å²) in [6.07, 6.45) is 1.65. The number of carbonyl (C=O) groups is 2. The van der Waals surface area contributed by atoms with Gasteiger partial charge in [-0.25, -0.2) is 4.79 Å². The number of phenolic OH excluding ortho intramolecular Hbond substituents is 1. The molecular formula is C24H24I3N2O6. The van der Waals surface area contributed by atoms with Crippen molar-refractivity contribution in [3.05, 3.63) is 58.3 Å². The van der Waals surface area contributed by atoms with Crippen molar-refractivity contribution in [2.75, 3.05) is 0 Å². The number of carboxylic acid groups (broad SMARTS) is 1. The summed E-state index contributed by atoms with van der Waals surface area (Å²) < 4.78 is 8.21. The first kappa shape index (κ1) is 28.4. The van der Waals surface area contributed by atoms with E-state index in [1.165, 1.54) is 0 Å². The molecule has 1 aliphatic heterocycles. The quantitative estimate of drug-likeness (QED) is 0.329. The van der Waals surface area contributed by atoms with Crippen molar-refractivity contribution in [3.63, 3.8) is 0 Å². The van der Waals surface area contributed by atoms with Gasteiger partial charge in [-0.05, 0) is 131 Å². The molecule has 0 spiro atoms. The average Bonchev–Trinajstić information content (AvgIpc) is 2.92. The molecular weight excluding hydrogens is 793 g/mol. The van der Waals surface area contributed by atoms with Crippen LogP contribution in [0.1, 0.15) is 33.3 Å². The van der Waals surface area contributed by atoms with Crippen LogP contribution in [-0.4, -0.2) is 44.3 Å². The molecule has 1 radical (unpaired) electrons. The number of halogens is 3. The number of nitrogens with zero attached hydrogens (tertiary/aromatic N) is 1. The summed E-state index contributed by atoms with van der Waals surface area (Å²) in [4.78, 5) is 25.0. The lowest BCUT2D eigenvalue weighted by Crippen LogP contribution is -2.50. The number of amides is 1. The van der Waals surface area contributed by atoms with E-state index in [1.807, 2.05) is 34.7 Å². The van der Waals surface area contributed by atoms with E-state index in [1.54, 1.807) is 52.0 Å². The van der Waals surface area contributed by atoms with Gasteiger partial charge in [0.25, 0.3) is 0 Å². The zero-order valence-corrected chi connectivity index (χ0v) is 25.8. The Balaban J connectivity index is 1.80. The third-order valence-electron chi connectivity index (χ3n) is 5.67. The SMILES string of the molecule is CC1(C)C=C(C(=O)N[C@@H](Cc2cc(I)c(Oc3ccc(O)c(I)c3)c(I)c2)C(=O)O)C(C)(C)N1[O]. The Morgan fingerprint density at radius 3 is 2.14 bits per heavy atom. The molecule has 0 bridgehead atoms. The van der Waals surface area contributed by atoms with E-state index >= 15 is 0 Å². The van der Waals surface area contributed by atoms with Crippen molar-refractivity contribution in [1.82, 2.24) is 10.4 Å². The highest BCUT2D eigenvalue weighted by atomic mass is 127. The molecule has 0 saturated heterocycles. The van der Waals surface area contributed by atoms with E-state index in [0.29, 0.717) is 20.6 Å². The predicted octanol–water partition coefficient (Wildman–Crippen LogP) is 5.25. The second-order valence-corrected chi connectivity index (χ2v) is 12.7. The molecule has 2 aromatic carbocycles. The summed E-state index contributed by atoms with van der Waals surface area (Å²) in [7, 11) is 0. The highest BCUT2D eigenvalue weighted by molar-refractivity contribution is 14.1. The third-order valence-corrected chi connectivity index (χ3v) is 8.14. The summed E-state index contributed by atoms with van der Waals surface area (Å²) in [5, 5.41) is 35.5. The number of ether oxygens (including phenoxy) is 1. The third kappa shape index (κ3) is 6.22. The lowest BCUT2D eigenvalue weighted by molar-refractivity contribution is -0.238. The van der Waals surface area contributed by atoms with Crippen LogP contribution in [0.5, 0.6) is 17.2 Å². The van der Waals surface area contributed by atoms with Gasteiger partial charge in [0.05, 0.1) is 21.8 Å². The number of carboxylic acids is 1. The Hall–Kier alpha value is -1.17. The molecule has 1 atom stereocenters. The van der Waals surface area contributed by atoms with Crippen LogP contribution in [0.25, 0.3) is 0 Å². The summed E-state index contributed by atoms with van der Waals surface area (Å²) in [5.41, 5.74) is -0.983. The van der Waals surface area contributed by atoms with Crippen molar-refractivity contribution < 1.29 is 29.7 Å². The predicted molar refractivity (Wildman–Crippen MR) is 155 cm³/mol. The standard InChI is InChI=1S/C24H24I3N2O6/c1-23(2)11-14(24(3,4)29(23)34)21(31)28-18(22(32)33)9-12-7-16(26)20(17(27)8-12)35-13-5-6-19(30)15(25)10-13/h5-8,10-11,18,30H,9H2,1-4H3,(H,28,31)(H,32,33)/t18-/m0/s1. The van der Waals surface area contributed by atoms with Gasteiger partial charge in [0.1, 0.15) is 17.5 Å². The van der Waals surface area contributed by atoms with E-state index in [-0.39, 0.29) is 17.7 Å².